The van der Waals surface area contributed by atoms with E-state index < -0.39 is 0 Å². The van der Waals surface area contributed by atoms with Crippen molar-refractivity contribution in [1.82, 2.24) is 4.57 Å². The van der Waals surface area contributed by atoms with Crippen molar-refractivity contribution < 1.29 is 9.53 Å². The lowest BCUT2D eigenvalue weighted by atomic mass is 9.94. The molecule has 2 aromatic rings. The minimum atomic E-state index is 0.149. The Kier molecular flexibility index (Phi) is 4.27. The highest BCUT2D eigenvalue weighted by molar-refractivity contribution is 8.14. The molecular weight excluding hydrogens is 344 g/mol. The summed E-state index contributed by atoms with van der Waals surface area (Å²) in [4.78, 5) is 17.8. The van der Waals surface area contributed by atoms with Crippen LogP contribution < -0.4 is 0 Å². The van der Waals surface area contributed by atoms with Crippen LogP contribution in [0.3, 0.4) is 0 Å². The molecule has 2 heterocycles. The molecule has 0 amide bonds. The third kappa shape index (κ3) is 2.77. The maximum absolute atomic E-state index is 13.1. The minimum absolute atomic E-state index is 0.149. The molecule has 0 saturated heterocycles. The number of rotatable bonds is 2. The highest BCUT2D eigenvalue weighted by Gasteiger charge is 2.33. The summed E-state index contributed by atoms with van der Waals surface area (Å²) in [6, 6.07) is 8.66. The fourth-order valence-corrected chi connectivity index (χ4v) is 5.48. The van der Waals surface area contributed by atoms with E-state index in [-0.39, 0.29) is 12.0 Å². The molecule has 0 spiro atoms. The smallest absolute Gasteiger partial charge is 0.247 e. The van der Waals surface area contributed by atoms with Crippen LogP contribution in [0.15, 0.2) is 29.3 Å². The highest BCUT2D eigenvalue weighted by atomic mass is 32.2. The van der Waals surface area contributed by atoms with E-state index in [1.165, 1.54) is 54.1 Å². The van der Waals surface area contributed by atoms with Gasteiger partial charge in [0.15, 0.2) is 0 Å². The number of carbonyl (C=O) groups excluding carboxylic acids is 1. The first-order chi connectivity index (χ1) is 12.8. The van der Waals surface area contributed by atoms with E-state index in [0.29, 0.717) is 11.8 Å². The second-order valence-electron chi connectivity index (χ2n) is 7.57. The van der Waals surface area contributed by atoms with Crippen LogP contribution >= 0.6 is 11.8 Å². The number of aryl methyl sites for hydroxylation is 1. The van der Waals surface area contributed by atoms with Gasteiger partial charge in [-0.25, -0.2) is 4.99 Å². The SMILES string of the molecule is O=C(CSC1=NC2CCCCC2O1)n1c2c(c3ccccc31)CCCC2. The molecule has 0 radical (unpaired) electrons. The van der Waals surface area contributed by atoms with Crippen LogP contribution in [0.5, 0.6) is 0 Å². The van der Waals surface area contributed by atoms with Crippen molar-refractivity contribution in [1.29, 1.82) is 0 Å². The summed E-state index contributed by atoms with van der Waals surface area (Å²) < 4.78 is 7.96. The number of benzene rings is 1. The number of carbonyl (C=O) groups is 1. The molecule has 136 valence electrons. The molecule has 0 N–H and O–H groups in total. The average molecular weight is 369 g/mol. The van der Waals surface area contributed by atoms with E-state index >= 15 is 0 Å². The molecule has 3 aliphatic rings. The molecule has 1 aromatic heterocycles. The third-order valence-corrected chi connectivity index (χ3v) is 6.78. The summed E-state index contributed by atoms with van der Waals surface area (Å²) in [5.74, 6) is 0.541. The van der Waals surface area contributed by atoms with Crippen molar-refractivity contribution >= 4 is 33.8 Å². The van der Waals surface area contributed by atoms with Gasteiger partial charge in [-0.15, -0.1) is 0 Å². The molecule has 5 heteroatoms. The van der Waals surface area contributed by atoms with Gasteiger partial charge >= 0.3 is 0 Å². The van der Waals surface area contributed by atoms with E-state index in [2.05, 4.69) is 18.2 Å². The molecule has 5 rings (SSSR count). The summed E-state index contributed by atoms with van der Waals surface area (Å²) in [7, 11) is 0. The molecule has 1 aliphatic heterocycles. The maximum Gasteiger partial charge on any atom is 0.247 e. The number of hydrogen-bond acceptors (Lipinski definition) is 4. The molecule has 2 unspecified atom stereocenters. The van der Waals surface area contributed by atoms with Gasteiger partial charge in [-0.3, -0.25) is 9.36 Å². The van der Waals surface area contributed by atoms with Gasteiger partial charge in [0.05, 0.1) is 17.3 Å². The van der Waals surface area contributed by atoms with Gasteiger partial charge in [0.25, 0.3) is 0 Å². The predicted molar refractivity (Wildman–Crippen MR) is 106 cm³/mol. The van der Waals surface area contributed by atoms with Gasteiger partial charge in [-0.2, -0.15) is 0 Å². The normalized spacial score (nSPS) is 24.7. The molecular formula is C21H24N2O2S. The Labute approximate surface area is 158 Å². The van der Waals surface area contributed by atoms with Crippen LogP contribution in [0.2, 0.25) is 0 Å². The number of fused-ring (bicyclic) bond motifs is 4. The zero-order valence-corrected chi connectivity index (χ0v) is 15.8. The topological polar surface area (TPSA) is 43.6 Å². The van der Waals surface area contributed by atoms with Crippen molar-refractivity contribution in [3.8, 4) is 0 Å². The van der Waals surface area contributed by atoms with Gasteiger partial charge in [-0.05, 0) is 56.6 Å². The van der Waals surface area contributed by atoms with Crippen molar-refractivity contribution in [3.05, 3.63) is 35.5 Å². The van der Waals surface area contributed by atoms with E-state index in [9.17, 15) is 4.79 Å². The number of hydrogen-bond donors (Lipinski definition) is 0. The van der Waals surface area contributed by atoms with E-state index in [4.69, 9.17) is 9.73 Å². The number of thioether (sulfide) groups is 1. The number of nitrogens with zero attached hydrogens (tertiary/aromatic N) is 2. The van der Waals surface area contributed by atoms with Crippen molar-refractivity contribution in [3.63, 3.8) is 0 Å². The van der Waals surface area contributed by atoms with E-state index in [1.807, 2.05) is 10.6 Å². The standard InChI is InChI=1S/C21H24N2O2S/c24-20(13-26-21-22-16-9-3-6-12-19(16)25-21)23-17-10-4-1-7-14(17)15-8-2-5-11-18(15)23/h1,4,7,10,16,19H,2-3,5-6,8-9,11-13H2. The predicted octanol–water partition coefficient (Wildman–Crippen LogP) is 4.59. The summed E-state index contributed by atoms with van der Waals surface area (Å²) in [5, 5.41) is 1.97. The number of para-hydroxylation sites is 1. The zero-order chi connectivity index (χ0) is 17.5. The number of aliphatic imine (C=N–C) groups is 1. The van der Waals surface area contributed by atoms with Crippen molar-refractivity contribution in [2.24, 2.45) is 4.99 Å². The zero-order valence-electron chi connectivity index (χ0n) is 14.9. The summed E-state index contributed by atoms with van der Waals surface area (Å²) >= 11 is 1.47. The number of aromatic nitrogens is 1. The molecule has 4 nitrogen and oxygen atoms in total. The fraction of sp³-hybridized carbons (Fsp3) is 0.524. The first-order valence-electron chi connectivity index (χ1n) is 9.83. The Bertz CT molecular complexity index is 886. The molecule has 2 atom stereocenters. The molecule has 0 bridgehead atoms. The van der Waals surface area contributed by atoms with Crippen LogP contribution in [0.25, 0.3) is 10.9 Å². The quantitative estimate of drug-likeness (QED) is 0.779. The minimum Gasteiger partial charge on any atom is -0.467 e. The maximum atomic E-state index is 13.1. The van der Waals surface area contributed by atoms with Gasteiger partial charge in [0, 0.05) is 11.1 Å². The van der Waals surface area contributed by atoms with Gasteiger partial charge in [-0.1, -0.05) is 36.4 Å². The Morgan fingerprint density at radius 1 is 1.15 bits per heavy atom. The van der Waals surface area contributed by atoms with Gasteiger partial charge in [0.2, 0.25) is 11.1 Å². The molecule has 2 aliphatic carbocycles. The lowest BCUT2D eigenvalue weighted by molar-refractivity contribution is 0.0943. The fourth-order valence-electron chi connectivity index (χ4n) is 4.70. The van der Waals surface area contributed by atoms with Crippen molar-refractivity contribution in [2.45, 2.75) is 63.5 Å². The second kappa shape index (κ2) is 6.76. The van der Waals surface area contributed by atoms with Crippen LogP contribution in [0.4, 0.5) is 0 Å². The highest BCUT2D eigenvalue weighted by Crippen LogP contribution is 2.34. The molecule has 1 saturated carbocycles. The van der Waals surface area contributed by atoms with E-state index in [1.54, 1.807) is 0 Å². The van der Waals surface area contributed by atoms with Crippen LogP contribution in [0.1, 0.15) is 54.6 Å². The Morgan fingerprint density at radius 3 is 2.92 bits per heavy atom. The lowest BCUT2D eigenvalue weighted by Crippen LogP contribution is -2.25. The third-order valence-electron chi connectivity index (χ3n) is 5.94. The second-order valence-corrected chi connectivity index (χ2v) is 8.50. The van der Waals surface area contributed by atoms with Crippen LogP contribution in [-0.2, 0) is 17.6 Å². The molecule has 26 heavy (non-hydrogen) atoms. The Balaban J connectivity index is 1.38. The largest absolute Gasteiger partial charge is 0.467 e. The van der Waals surface area contributed by atoms with E-state index in [0.717, 1.165) is 36.4 Å². The van der Waals surface area contributed by atoms with Crippen molar-refractivity contribution in [2.75, 3.05) is 5.75 Å². The number of ether oxygens (including phenoxy) is 1. The lowest BCUT2D eigenvalue weighted by Gasteiger charge is -2.21. The Hall–Kier alpha value is -1.75. The Morgan fingerprint density at radius 2 is 2.00 bits per heavy atom. The summed E-state index contributed by atoms with van der Waals surface area (Å²) in [5.41, 5.74) is 3.67. The molecule has 1 aromatic carbocycles. The monoisotopic (exact) mass is 368 g/mol. The van der Waals surface area contributed by atoms with Crippen LogP contribution in [0, 0.1) is 0 Å². The molecule has 1 fully saturated rings. The van der Waals surface area contributed by atoms with Gasteiger partial charge in [0.1, 0.15) is 6.10 Å². The average Bonchev–Trinajstić information content (AvgIpc) is 3.25. The van der Waals surface area contributed by atoms with Gasteiger partial charge < -0.3 is 4.74 Å². The first kappa shape index (κ1) is 16.4. The summed E-state index contributed by atoms with van der Waals surface area (Å²) in [6.07, 6.45) is 9.42. The first-order valence-corrected chi connectivity index (χ1v) is 10.8. The summed E-state index contributed by atoms with van der Waals surface area (Å²) in [6.45, 7) is 0. The van der Waals surface area contributed by atoms with Crippen LogP contribution in [-0.4, -0.2) is 33.6 Å².